The molecule has 0 fully saturated rings. The maximum atomic E-state index is 11.7. The van der Waals surface area contributed by atoms with Gasteiger partial charge in [-0.25, -0.2) is 15.0 Å². The van der Waals surface area contributed by atoms with E-state index in [1.54, 1.807) is 0 Å². The van der Waals surface area contributed by atoms with Gasteiger partial charge in [0.2, 0.25) is 5.95 Å². The van der Waals surface area contributed by atoms with Crippen molar-refractivity contribution < 1.29 is 4.74 Å². The lowest BCUT2D eigenvalue weighted by Crippen LogP contribution is -2.14. The Morgan fingerprint density at radius 1 is 1.20 bits per heavy atom. The summed E-state index contributed by atoms with van der Waals surface area (Å²) in [7, 11) is 0. The summed E-state index contributed by atoms with van der Waals surface area (Å²) in [5, 5.41) is 0. The highest BCUT2D eigenvalue weighted by atomic mass is 16.5. The van der Waals surface area contributed by atoms with Crippen LogP contribution in [0, 0.1) is 0 Å². The topological polar surface area (TPSA) is 107 Å². The Hall–Kier alpha value is -2.96. The number of nitrogens with two attached hydrogens (primary N) is 1. The van der Waals surface area contributed by atoms with Crippen molar-refractivity contribution in [3.05, 3.63) is 52.7 Å². The number of para-hydroxylation sites is 1. The van der Waals surface area contributed by atoms with Crippen LogP contribution < -0.4 is 16.0 Å². The molecule has 0 saturated heterocycles. The molecule has 3 rings (SSSR count). The fraction of sp³-hybridized carbons (Fsp3) is 0.0769. The Morgan fingerprint density at radius 3 is 2.80 bits per heavy atom. The van der Waals surface area contributed by atoms with Crippen molar-refractivity contribution in [2.45, 2.75) is 6.61 Å². The van der Waals surface area contributed by atoms with Crippen LogP contribution in [0.3, 0.4) is 0 Å². The van der Waals surface area contributed by atoms with Gasteiger partial charge in [0.25, 0.3) is 5.56 Å². The van der Waals surface area contributed by atoms with Gasteiger partial charge in [-0.15, -0.1) is 0 Å². The largest absolute Gasteiger partial charge is 0.486 e. The first kappa shape index (κ1) is 12.1. The molecule has 3 N–H and O–H groups in total. The summed E-state index contributed by atoms with van der Waals surface area (Å²) >= 11 is 0. The maximum absolute atomic E-state index is 11.7. The molecule has 0 spiro atoms. The van der Waals surface area contributed by atoms with E-state index in [9.17, 15) is 4.79 Å². The smallest absolute Gasteiger partial charge is 0.278 e. The SMILES string of the molecule is Nc1nc2cnc(COc3ccccc3)nc2c(=O)[nH]1. The Balaban J connectivity index is 1.88. The van der Waals surface area contributed by atoms with E-state index in [-0.39, 0.29) is 18.1 Å². The molecule has 0 atom stereocenters. The molecule has 3 aromatic rings. The number of ether oxygens (including phenoxy) is 1. The Kier molecular flexibility index (Phi) is 3.00. The molecule has 0 unspecified atom stereocenters. The van der Waals surface area contributed by atoms with Crippen molar-refractivity contribution >= 4 is 17.0 Å². The number of rotatable bonds is 3. The van der Waals surface area contributed by atoms with Crippen molar-refractivity contribution in [2.75, 3.05) is 5.73 Å². The number of hydrogen-bond donors (Lipinski definition) is 2. The summed E-state index contributed by atoms with van der Waals surface area (Å²) in [6.07, 6.45) is 1.46. The Morgan fingerprint density at radius 2 is 2.00 bits per heavy atom. The lowest BCUT2D eigenvalue weighted by atomic mass is 10.3. The predicted molar refractivity (Wildman–Crippen MR) is 73.1 cm³/mol. The first-order chi connectivity index (χ1) is 9.72. The molecule has 2 aromatic heterocycles. The summed E-state index contributed by atoms with van der Waals surface area (Å²) in [5.41, 5.74) is 5.61. The molecular weight excluding hydrogens is 258 g/mol. The van der Waals surface area contributed by atoms with E-state index >= 15 is 0 Å². The number of nitrogen functional groups attached to an aromatic ring is 1. The van der Waals surface area contributed by atoms with Gasteiger partial charge in [-0.3, -0.25) is 9.78 Å². The third-order valence-corrected chi connectivity index (χ3v) is 2.63. The molecule has 0 bridgehead atoms. The van der Waals surface area contributed by atoms with Crippen molar-refractivity contribution in [1.29, 1.82) is 0 Å². The van der Waals surface area contributed by atoms with E-state index in [4.69, 9.17) is 10.5 Å². The average Bonchev–Trinajstić information content (AvgIpc) is 2.46. The molecule has 0 aliphatic carbocycles. The quantitative estimate of drug-likeness (QED) is 0.730. The molecule has 20 heavy (non-hydrogen) atoms. The van der Waals surface area contributed by atoms with Gasteiger partial charge in [0.05, 0.1) is 6.20 Å². The zero-order valence-electron chi connectivity index (χ0n) is 10.4. The number of fused-ring (bicyclic) bond motifs is 1. The number of benzene rings is 1. The maximum Gasteiger partial charge on any atom is 0.278 e. The third kappa shape index (κ3) is 2.41. The molecule has 100 valence electrons. The summed E-state index contributed by atoms with van der Waals surface area (Å²) in [6, 6.07) is 9.29. The van der Waals surface area contributed by atoms with E-state index in [2.05, 4.69) is 19.9 Å². The van der Waals surface area contributed by atoms with Gasteiger partial charge >= 0.3 is 0 Å². The van der Waals surface area contributed by atoms with Gasteiger partial charge in [-0.05, 0) is 12.1 Å². The van der Waals surface area contributed by atoms with E-state index in [0.717, 1.165) is 0 Å². The van der Waals surface area contributed by atoms with E-state index in [1.165, 1.54) is 6.20 Å². The summed E-state index contributed by atoms with van der Waals surface area (Å²) in [4.78, 5) is 26.3. The number of H-pyrrole nitrogens is 1. The van der Waals surface area contributed by atoms with Gasteiger partial charge in [0, 0.05) is 0 Å². The van der Waals surface area contributed by atoms with Crippen molar-refractivity contribution in [3.8, 4) is 5.75 Å². The lowest BCUT2D eigenvalue weighted by Gasteiger charge is -2.05. The molecule has 0 radical (unpaired) electrons. The van der Waals surface area contributed by atoms with Crippen LogP contribution in [0.5, 0.6) is 5.75 Å². The third-order valence-electron chi connectivity index (χ3n) is 2.63. The van der Waals surface area contributed by atoms with Crippen LogP contribution in [-0.4, -0.2) is 19.9 Å². The molecule has 0 amide bonds. The fourth-order valence-corrected chi connectivity index (χ4v) is 1.73. The van der Waals surface area contributed by atoms with E-state index in [1.807, 2.05) is 30.3 Å². The highest BCUT2D eigenvalue weighted by Crippen LogP contribution is 2.11. The highest BCUT2D eigenvalue weighted by molar-refractivity contribution is 5.72. The molecule has 0 aliphatic rings. The first-order valence-electron chi connectivity index (χ1n) is 5.91. The molecule has 7 heteroatoms. The van der Waals surface area contributed by atoms with Crippen LogP contribution >= 0.6 is 0 Å². The van der Waals surface area contributed by atoms with Crippen molar-refractivity contribution in [1.82, 2.24) is 19.9 Å². The second kappa shape index (κ2) is 4.96. The van der Waals surface area contributed by atoms with Gasteiger partial charge in [0.1, 0.15) is 17.9 Å². The molecule has 0 saturated carbocycles. The van der Waals surface area contributed by atoms with E-state index in [0.29, 0.717) is 17.1 Å². The molecule has 1 aromatic carbocycles. The number of nitrogens with one attached hydrogen (secondary N) is 1. The fourth-order valence-electron chi connectivity index (χ4n) is 1.73. The summed E-state index contributed by atoms with van der Waals surface area (Å²) < 4.78 is 5.52. The zero-order chi connectivity index (χ0) is 13.9. The molecular formula is C13H11N5O2. The summed E-state index contributed by atoms with van der Waals surface area (Å²) in [6.45, 7) is 0.170. The second-order valence-corrected chi connectivity index (χ2v) is 4.07. The number of anilines is 1. The highest BCUT2D eigenvalue weighted by Gasteiger charge is 2.06. The normalized spacial score (nSPS) is 10.6. The lowest BCUT2D eigenvalue weighted by molar-refractivity contribution is 0.296. The van der Waals surface area contributed by atoms with Gasteiger partial charge < -0.3 is 10.5 Å². The van der Waals surface area contributed by atoms with Crippen molar-refractivity contribution in [2.24, 2.45) is 0 Å². The van der Waals surface area contributed by atoms with Crippen LogP contribution in [0.2, 0.25) is 0 Å². The Labute approximate surface area is 113 Å². The van der Waals surface area contributed by atoms with Crippen LogP contribution in [0.25, 0.3) is 11.0 Å². The number of aromatic nitrogens is 4. The zero-order valence-corrected chi connectivity index (χ0v) is 10.4. The summed E-state index contributed by atoms with van der Waals surface area (Å²) in [5.74, 6) is 1.15. The van der Waals surface area contributed by atoms with Crippen LogP contribution in [0.15, 0.2) is 41.3 Å². The minimum absolute atomic E-state index is 0.0411. The molecule has 2 heterocycles. The average molecular weight is 269 g/mol. The van der Waals surface area contributed by atoms with E-state index < -0.39 is 5.56 Å². The first-order valence-corrected chi connectivity index (χ1v) is 5.91. The second-order valence-electron chi connectivity index (χ2n) is 4.07. The minimum atomic E-state index is -0.393. The Bertz CT molecular complexity index is 801. The number of nitrogens with zero attached hydrogens (tertiary/aromatic N) is 3. The van der Waals surface area contributed by atoms with Gasteiger partial charge in [0.15, 0.2) is 11.3 Å². The predicted octanol–water partition coefficient (Wildman–Crippen LogP) is 0.874. The minimum Gasteiger partial charge on any atom is -0.486 e. The monoisotopic (exact) mass is 269 g/mol. The van der Waals surface area contributed by atoms with Crippen LogP contribution in [0.4, 0.5) is 5.95 Å². The van der Waals surface area contributed by atoms with Crippen LogP contribution in [0.1, 0.15) is 5.82 Å². The molecule has 7 nitrogen and oxygen atoms in total. The number of aromatic amines is 1. The van der Waals surface area contributed by atoms with Gasteiger partial charge in [-0.1, -0.05) is 18.2 Å². The number of hydrogen-bond acceptors (Lipinski definition) is 6. The van der Waals surface area contributed by atoms with Crippen molar-refractivity contribution in [3.63, 3.8) is 0 Å². The van der Waals surface area contributed by atoms with Gasteiger partial charge in [-0.2, -0.15) is 0 Å². The molecule has 0 aliphatic heterocycles. The van der Waals surface area contributed by atoms with Crippen LogP contribution in [-0.2, 0) is 6.61 Å². The standard InChI is InChI=1S/C13H11N5O2/c14-13-16-9-6-15-10(17-11(9)12(19)18-13)7-20-8-4-2-1-3-5-8/h1-6H,7H2,(H3,14,16,18,19).